The lowest BCUT2D eigenvalue weighted by Gasteiger charge is -2.36. The van der Waals surface area contributed by atoms with E-state index >= 15 is 0 Å². The molecule has 0 saturated carbocycles. The van der Waals surface area contributed by atoms with Crippen LogP contribution in [0.25, 0.3) is 0 Å². The first-order valence-corrected chi connectivity index (χ1v) is 5.36. The van der Waals surface area contributed by atoms with Gasteiger partial charge in [-0.3, -0.25) is 4.90 Å². The lowest BCUT2D eigenvalue weighted by Crippen LogP contribution is -2.52. The highest BCUT2D eigenvalue weighted by atomic mass is 16.6. The van der Waals surface area contributed by atoms with E-state index in [4.69, 9.17) is 10.5 Å². The average Bonchev–Trinajstić information content (AvgIpc) is 2.30. The number of carbonyl (C=O) groups is 1. The van der Waals surface area contributed by atoms with Gasteiger partial charge in [-0.05, 0) is 6.42 Å². The summed E-state index contributed by atoms with van der Waals surface area (Å²) < 4.78 is 10.0. The van der Waals surface area contributed by atoms with Crippen LogP contribution in [0, 0.1) is 0 Å². The fourth-order valence-corrected chi connectivity index (χ4v) is 1.85. The number of rotatable bonds is 4. The zero-order chi connectivity index (χ0) is 11.3. The fourth-order valence-electron chi connectivity index (χ4n) is 1.85. The van der Waals surface area contributed by atoms with Crippen LogP contribution in [0.3, 0.4) is 0 Å². The van der Waals surface area contributed by atoms with E-state index < -0.39 is 6.10 Å². The third kappa shape index (κ3) is 3.15. The molecule has 1 rings (SSSR count). The number of nitrogens with zero attached hydrogens (tertiary/aromatic N) is 1. The van der Waals surface area contributed by atoms with Gasteiger partial charge in [0.15, 0.2) is 6.10 Å². The Labute approximate surface area is 90.5 Å². The van der Waals surface area contributed by atoms with Gasteiger partial charge in [0.05, 0.1) is 13.7 Å². The molecule has 1 fully saturated rings. The summed E-state index contributed by atoms with van der Waals surface area (Å²) in [6, 6.07) is 0.334. The van der Waals surface area contributed by atoms with Gasteiger partial charge in [-0.2, -0.15) is 0 Å². The van der Waals surface area contributed by atoms with Crippen LogP contribution in [0.15, 0.2) is 0 Å². The number of nitrogens with two attached hydrogens (primary N) is 1. The first-order valence-electron chi connectivity index (χ1n) is 5.36. The smallest absolute Gasteiger partial charge is 0.336 e. The summed E-state index contributed by atoms with van der Waals surface area (Å²) in [6.45, 7) is 4.70. The number of ether oxygens (including phenoxy) is 2. The Hall–Kier alpha value is -0.650. The summed E-state index contributed by atoms with van der Waals surface area (Å²) in [5.41, 5.74) is 5.67. The van der Waals surface area contributed by atoms with Crippen molar-refractivity contribution in [1.82, 2.24) is 4.90 Å². The van der Waals surface area contributed by atoms with Gasteiger partial charge in [0.25, 0.3) is 0 Å². The van der Waals surface area contributed by atoms with Crippen molar-refractivity contribution in [1.29, 1.82) is 0 Å². The van der Waals surface area contributed by atoms with Crippen LogP contribution >= 0.6 is 0 Å². The molecule has 5 heteroatoms. The van der Waals surface area contributed by atoms with Crippen LogP contribution in [-0.2, 0) is 14.3 Å². The standard InChI is InChI=1S/C10H20N2O3/c1-3-8(6-11)12-4-5-15-9(7-12)10(13)14-2/h8-9H,3-7,11H2,1-2H3. The highest BCUT2D eigenvalue weighted by Gasteiger charge is 2.29. The maximum atomic E-state index is 11.3. The van der Waals surface area contributed by atoms with Gasteiger partial charge in [0.1, 0.15) is 0 Å². The molecule has 0 spiro atoms. The maximum Gasteiger partial charge on any atom is 0.336 e. The highest BCUT2D eigenvalue weighted by Crippen LogP contribution is 2.11. The number of hydrogen-bond acceptors (Lipinski definition) is 5. The Kier molecular flexibility index (Phi) is 5.01. The van der Waals surface area contributed by atoms with Crippen LogP contribution < -0.4 is 5.73 Å². The van der Waals surface area contributed by atoms with E-state index in [-0.39, 0.29) is 5.97 Å². The summed E-state index contributed by atoms with van der Waals surface area (Å²) in [5, 5.41) is 0. The van der Waals surface area contributed by atoms with Gasteiger partial charge in [-0.15, -0.1) is 0 Å². The second kappa shape index (κ2) is 6.05. The minimum Gasteiger partial charge on any atom is -0.467 e. The molecule has 0 radical (unpaired) electrons. The number of esters is 1. The predicted molar refractivity (Wildman–Crippen MR) is 56.5 cm³/mol. The van der Waals surface area contributed by atoms with Gasteiger partial charge < -0.3 is 15.2 Å². The van der Waals surface area contributed by atoms with Crippen LogP contribution in [0.1, 0.15) is 13.3 Å². The van der Waals surface area contributed by atoms with Crippen molar-refractivity contribution in [2.75, 3.05) is 33.4 Å². The van der Waals surface area contributed by atoms with E-state index in [1.165, 1.54) is 7.11 Å². The van der Waals surface area contributed by atoms with Crippen molar-refractivity contribution < 1.29 is 14.3 Å². The summed E-state index contributed by atoms with van der Waals surface area (Å²) in [5.74, 6) is -0.299. The Bertz CT molecular complexity index is 207. The Morgan fingerprint density at radius 1 is 1.73 bits per heavy atom. The molecule has 2 atom stereocenters. The van der Waals surface area contributed by atoms with Crippen molar-refractivity contribution in [2.45, 2.75) is 25.5 Å². The van der Waals surface area contributed by atoms with Gasteiger partial charge in [-0.1, -0.05) is 6.92 Å². The second-order valence-corrected chi connectivity index (χ2v) is 3.68. The van der Waals surface area contributed by atoms with Crippen molar-refractivity contribution in [3.05, 3.63) is 0 Å². The molecule has 2 N–H and O–H groups in total. The molecule has 0 amide bonds. The van der Waals surface area contributed by atoms with Gasteiger partial charge >= 0.3 is 5.97 Å². The lowest BCUT2D eigenvalue weighted by atomic mass is 10.1. The first-order chi connectivity index (χ1) is 7.22. The predicted octanol–water partition coefficient (Wildman–Crippen LogP) is -0.402. The molecule has 88 valence electrons. The van der Waals surface area contributed by atoms with Crippen LogP contribution in [0.5, 0.6) is 0 Å². The zero-order valence-corrected chi connectivity index (χ0v) is 9.44. The first kappa shape index (κ1) is 12.4. The average molecular weight is 216 g/mol. The molecule has 5 nitrogen and oxygen atoms in total. The van der Waals surface area contributed by atoms with Crippen molar-refractivity contribution >= 4 is 5.97 Å². The maximum absolute atomic E-state index is 11.3. The quantitative estimate of drug-likeness (QED) is 0.648. The van der Waals surface area contributed by atoms with Crippen molar-refractivity contribution in [3.8, 4) is 0 Å². The molecule has 0 aromatic heterocycles. The van der Waals surface area contributed by atoms with E-state index in [1.54, 1.807) is 0 Å². The normalized spacial score (nSPS) is 24.9. The zero-order valence-electron chi connectivity index (χ0n) is 9.44. The molecule has 1 aliphatic heterocycles. The minimum atomic E-state index is -0.454. The Morgan fingerprint density at radius 3 is 3.00 bits per heavy atom. The monoisotopic (exact) mass is 216 g/mol. The van der Waals surface area contributed by atoms with E-state index in [1.807, 2.05) is 0 Å². The largest absolute Gasteiger partial charge is 0.467 e. The van der Waals surface area contributed by atoms with E-state index in [9.17, 15) is 4.79 Å². The van der Waals surface area contributed by atoms with E-state index in [2.05, 4.69) is 16.6 Å². The summed E-state index contributed by atoms with van der Waals surface area (Å²) in [7, 11) is 1.38. The Balaban J connectivity index is 2.51. The molecule has 1 aliphatic rings. The number of methoxy groups -OCH3 is 1. The molecule has 0 aliphatic carbocycles. The molecule has 0 aromatic carbocycles. The van der Waals surface area contributed by atoms with Gasteiger partial charge in [0, 0.05) is 25.7 Å². The molecule has 15 heavy (non-hydrogen) atoms. The molecular weight excluding hydrogens is 196 g/mol. The summed E-state index contributed by atoms with van der Waals surface area (Å²) in [4.78, 5) is 13.5. The minimum absolute atomic E-state index is 0.299. The van der Waals surface area contributed by atoms with Crippen molar-refractivity contribution in [2.24, 2.45) is 5.73 Å². The molecule has 2 unspecified atom stereocenters. The second-order valence-electron chi connectivity index (χ2n) is 3.68. The highest BCUT2D eigenvalue weighted by molar-refractivity contribution is 5.74. The SMILES string of the molecule is CCC(CN)N1CCOC(C(=O)OC)C1. The molecular formula is C10H20N2O3. The van der Waals surface area contributed by atoms with Gasteiger partial charge in [-0.25, -0.2) is 4.79 Å². The van der Waals surface area contributed by atoms with Crippen LogP contribution in [-0.4, -0.2) is 56.4 Å². The lowest BCUT2D eigenvalue weighted by molar-refractivity contribution is -0.160. The fraction of sp³-hybridized carbons (Fsp3) is 0.900. The number of hydrogen-bond donors (Lipinski definition) is 1. The molecule has 1 saturated heterocycles. The molecule has 0 bridgehead atoms. The third-order valence-electron chi connectivity index (χ3n) is 2.82. The molecule has 1 heterocycles. The van der Waals surface area contributed by atoms with Gasteiger partial charge in [0.2, 0.25) is 0 Å². The number of morpholine rings is 1. The summed E-state index contributed by atoms with van der Waals surface area (Å²) >= 11 is 0. The van der Waals surface area contributed by atoms with Crippen LogP contribution in [0.4, 0.5) is 0 Å². The third-order valence-corrected chi connectivity index (χ3v) is 2.82. The molecule has 0 aromatic rings. The van der Waals surface area contributed by atoms with Crippen LogP contribution in [0.2, 0.25) is 0 Å². The summed E-state index contributed by atoms with van der Waals surface area (Å²) in [6.07, 6.45) is 0.536. The van der Waals surface area contributed by atoms with Crippen molar-refractivity contribution in [3.63, 3.8) is 0 Å². The van der Waals surface area contributed by atoms with E-state index in [0.29, 0.717) is 25.7 Å². The topological polar surface area (TPSA) is 64.8 Å². The Morgan fingerprint density at radius 2 is 2.47 bits per heavy atom. The number of carbonyl (C=O) groups excluding carboxylic acids is 1. The van der Waals surface area contributed by atoms with E-state index in [0.717, 1.165) is 13.0 Å².